The summed E-state index contributed by atoms with van der Waals surface area (Å²) in [7, 11) is 0. The number of carbonyl (C=O) groups is 2. The van der Waals surface area contributed by atoms with Crippen molar-refractivity contribution in [1.82, 2.24) is 0 Å². The number of carbonyl (C=O) groups excluding carboxylic acids is 1. The van der Waals surface area contributed by atoms with Gasteiger partial charge < -0.3 is 24.8 Å². The van der Waals surface area contributed by atoms with Gasteiger partial charge in [0.15, 0.2) is 0 Å². The van der Waals surface area contributed by atoms with Crippen LogP contribution in [0.1, 0.15) is 54.9 Å². The molecule has 0 spiro atoms. The van der Waals surface area contributed by atoms with Gasteiger partial charge in [0.2, 0.25) is 0 Å². The summed E-state index contributed by atoms with van der Waals surface area (Å²) in [4.78, 5) is 22.6. The highest BCUT2D eigenvalue weighted by Crippen LogP contribution is 2.59. The third kappa shape index (κ3) is 9.91. The Morgan fingerprint density at radius 3 is 1.69 bits per heavy atom. The van der Waals surface area contributed by atoms with Gasteiger partial charge in [-0.05, 0) is 96.5 Å². The molecule has 5 aliphatic rings. The van der Waals surface area contributed by atoms with E-state index in [2.05, 4.69) is 13.0 Å². The summed E-state index contributed by atoms with van der Waals surface area (Å²) in [6, 6.07) is 28.1. The fourth-order valence-corrected chi connectivity index (χ4v) is 7.29. The van der Waals surface area contributed by atoms with Crippen molar-refractivity contribution in [3.05, 3.63) is 143 Å². The molecule has 3 N–H and O–H groups in total. The first-order valence-electron chi connectivity index (χ1n) is 18.9. The van der Waals surface area contributed by atoms with Gasteiger partial charge in [-0.15, -0.1) is 0 Å². The first-order valence-corrected chi connectivity index (χ1v) is 18.9. The van der Waals surface area contributed by atoms with Gasteiger partial charge in [-0.3, -0.25) is 9.59 Å². The Balaban J connectivity index is 0.000000143. The first-order chi connectivity index (χ1) is 27.8. The van der Waals surface area contributed by atoms with E-state index in [9.17, 15) is 27.2 Å². The predicted molar refractivity (Wildman–Crippen MR) is 203 cm³/mol. The Morgan fingerprint density at radius 1 is 0.759 bits per heavy atom. The smallest absolute Gasteiger partial charge is 0.317 e. The number of ether oxygens (including phenoxy) is 2. The summed E-state index contributed by atoms with van der Waals surface area (Å²) >= 11 is 0. The molecule has 0 aromatic heterocycles. The lowest BCUT2D eigenvalue weighted by atomic mass is 9.93. The van der Waals surface area contributed by atoms with Crippen LogP contribution in [0.5, 0.6) is 0 Å². The molecule has 13 heteroatoms. The topological polar surface area (TPSA) is 164 Å². The number of aliphatic carboxylic acids is 1. The van der Waals surface area contributed by atoms with Crippen molar-refractivity contribution in [1.29, 1.82) is 10.5 Å². The molecule has 0 unspecified atom stereocenters. The molecule has 3 saturated carbocycles. The Morgan fingerprint density at radius 2 is 1.29 bits per heavy atom. The molecule has 5 fully saturated rings. The number of aliphatic hydroxyl groups is 2. The number of carboxylic acid groups (broad SMARTS) is 1. The van der Waals surface area contributed by atoms with E-state index in [1.165, 1.54) is 61.0 Å². The molecule has 9 rings (SSSR count). The fraction of sp³-hybridized carbons (Fsp3) is 0.378. The molecule has 0 bridgehead atoms. The van der Waals surface area contributed by atoms with E-state index in [1.54, 1.807) is 42.5 Å². The van der Waals surface area contributed by atoms with Crippen molar-refractivity contribution in [2.45, 2.75) is 61.4 Å². The molecule has 304 valence electrons. The standard InChI is InChI=1S/C11H10FNO.C11H11FO3.C11H9FO2.C8H6FN.C4H8O/c12-10-3-1-2-8(4-10)11(7-13)5-9(11)6-14;12-9-3-1-2-7(4-9)11(10(14)15)5-8(11)6-13;12-9-3-1-2-7(4-9)11-5-8(11)6-14-10(11)13;9-8-3-1-2-7(6-8)4-5-10;1-2-4-3-5-4/h1-4,9,14H,5-6H2;1-4,8,13H,5-6H2,(H,14,15);1-4,8H,5-6H2;1-3,6H,4H2;4H,2-3H2,1H3/t9-,11+;2*8-,11+;;4-/m000.0/s1. The second kappa shape index (κ2) is 18.8. The number of hydrogen-bond acceptors (Lipinski definition) is 8. The van der Waals surface area contributed by atoms with Crippen LogP contribution in [-0.4, -0.2) is 59.8 Å². The minimum atomic E-state index is -1.07. The van der Waals surface area contributed by atoms with E-state index >= 15 is 0 Å². The van der Waals surface area contributed by atoms with Crippen molar-refractivity contribution in [2.75, 3.05) is 26.4 Å². The van der Waals surface area contributed by atoms with E-state index in [0.717, 1.165) is 24.2 Å². The summed E-state index contributed by atoms with van der Waals surface area (Å²) in [6.45, 7) is 3.45. The molecular formula is C45H44F4N2O7. The molecule has 2 saturated heterocycles. The van der Waals surface area contributed by atoms with Gasteiger partial charge in [0.1, 0.15) is 23.3 Å². The van der Waals surface area contributed by atoms with Crippen LogP contribution < -0.4 is 0 Å². The van der Waals surface area contributed by atoms with Crippen LogP contribution >= 0.6 is 0 Å². The number of nitrogens with zero attached hydrogens (tertiary/aromatic N) is 2. The van der Waals surface area contributed by atoms with Crippen LogP contribution in [0.15, 0.2) is 97.1 Å². The summed E-state index contributed by atoms with van der Waals surface area (Å²) < 4.78 is 61.1. The van der Waals surface area contributed by atoms with Gasteiger partial charge in [0, 0.05) is 31.0 Å². The van der Waals surface area contributed by atoms with Crippen LogP contribution in [-0.2, 0) is 41.7 Å². The van der Waals surface area contributed by atoms with E-state index in [4.69, 9.17) is 35.3 Å². The summed E-state index contributed by atoms with van der Waals surface area (Å²) in [5.41, 5.74) is 0.399. The average molecular weight is 801 g/mol. The Hall–Kier alpha value is -5.60. The molecule has 7 atom stereocenters. The van der Waals surface area contributed by atoms with Crippen molar-refractivity contribution in [3.63, 3.8) is 0 Å². The highest BCUT2D eigenvalue weighted by atomic mass is 19.1. The minimum absolute atomic E-state index is 0.00985. The normalized spacial score (nSPS) is 27.2. The maximum Gasteiger partial charge on any atom is 0.317 e. The lowest BCUT2D eigenvalue weighted by molar-refractivity contribution is -0.142. The van der Waals surface area contributed by atoms with Crippen LogP contribution in [0.3, 0.4) is 0 Å². The highest BCUT2D eigenvalue weighted by molar-refractivity contribution is 5.89. The number of carboxylic acids is 1. The molecule has 2 heterocycles. The number of aliphatic hydroxyl groups excluding tert-OH is 2. The molecule has 58 heavy (non-hydrogen) atoms. The van der Waals surface area contributed by atoms with Crippen molar-refractivity contribution in [2.24, 2.45) is 17.8 Å². The third-order valence-electron chi connectivity index (χ3n) is 11.2. The first kappa shape index (κ1) is 43.5. The summed E-state index contributed by atoms with van der Waals surface area (Å²) in [6.07, 6.45) is 3.92. The Bertz CT molecular complexity index is 2170. The van der Waals surface area contributed by atoms with Crippen LogP contribution in [0.25, 0.3) is 0 Å². The molecule has 4 aromatic carbocycles. The van der Waals surface area contributed by atoms with Gasteiger partial charge in [-0.25, -0.2) is 17.6 Å². The van der Waals surface area contributed by atoms with Gasteiger partial charge in [0.05, 0.1) is 54.1 Å². The summed E-state index contributed by atoms with van der Waals surface area (Å²) in [5, 5.41) is 44.3. The SMILES string of the molecule is CC[C@H]1CO1.N#CCc1cccc(F)c1.N#C[C@@]1(c2cccc(F)c2)C[C@H]1CO.O=C(O)[C@@]1(c2cccc(F)c2)C[C@H]1CO.O=C1OC[C@@H]2C[C@]12c1cccc(F)c1. The monoisotopic (exact) mass is 800 g/mol. The number of hydrogen-bond donors (Lipinski definition) is 3. The fourth-order valence-electron chi connectivity index (χ4n) is 7.29. The number of epoxide rings is 1. The molecule has 0 radical (unpaired) electrons. The molecule has 3 aliphatic carbocycles. The number of rotatable bonds is 8. The van der Waals surface area contributed by atoms with E-state index in [1.807, 2.05) is 6.07 Å². The van der Waals surface area contributed by atoms with Gasteiger partial charge in [-0.1, -0.05) is 55.5 Å². The lowest BCUT2D eigenvalue weighted by Crippen LogP contribution is -2.23. The minimum Gasteiger partial charge on any atom is -0.481 e. The van der Waals surface area contributed by atoms with Crippen LogP contribution in [0, 0.1) is 63.7 Å². The van der Waals surface area contributed by atoms with Gasteiger partial charge >= 0.3 is 11.9 Å². The average Bonchev–Trinajstić information content (AvgIpc) is 4.07. The van der Waals surface area contributed by atoms with Crippen LogP contribution in [0.4, 0.5) is 17.6 Å². The lowest BCUT2D eigenvalue weighted by Gasteiger charge is -2.11. The van der Waals surface area contributed by atoms with Gasteiger partial charge in [0.25, 0.3) is 0 Å². The summed E-state index contributed by atoms with van der Waals surface area (Å²) in [5.74, 6) is -2.59. The number of esters is 1. The molecule has 9 nitrogen and oxygen atoms in total. The molecule has 4 aromatic rings. The number of fused-ring (bicyclic) bond motifs is 1. The maximum absolute atomic E-state index is 13.0. The molecule has 0 amide bonds. The number of nitriles is 2. The third-order valence-corrected chi connectivity index (χ3v) is 11.2. The Labute approximate surface area is 334 Å². The van der Waals surface area contributed by atoms with Gasteiger partial charge in [-0.2, -0.15) is 10.5 Å². The van der Waals surface area contributed by atoms with Crippen molar-refractivity contribution < 1.29 is 51.9 Å². The molecular weight excluding hydrogens is 756 g/mol. The van der Waals surface area contributed by atoms with Crippen LogP contribution in [0.2, 0.25) is 0 Å². The van der Waals surface area contributed by atoms with Crippen molar-refractivity contribution in [3.8, 4) is 12.1 Å². The maximum atomic E-state index is 13.0. The number of halogens is 4. The zero-order valence-corrected chi connectivity index (χ0v) is 31.8. The second-order valence-electron chi connectivity index (χ2n) is 14.9. The zero-order chi connectivity index (χ0) is 42.1. The highest BCUT2D eigenvalue weighted by Gasteiger charge is 2.67. The molecule has 2 aliphatic heterocycles. The van der Waals surface area contributed by atoms with E-state index in [-0.39, 0.29) is 60.8 Å². The van der Waals surface area contributed by atoms with E-state index < -0.39 is 28.0 Å². The zero-order valence-electron chi connectivity index (χ0n) is 31.8. The van der Waals surface area contributed by atoms with E-state index in [0.29, 0.717) is 36.7 Å². The quantitative estimate of drug-likeness (QED) is 0.0960. The Kier molecular flexibility index (Phi) is 14.1. The number of cyclic esters (lactones) is 1. The second-order valence-corrected chi connectivity index (χ2v) is 14.9. The largest absolute Gasteiger partial charge is 0.481 e. The number of benzene rings is 4. The predicted octanol–water partition coefficient (Wildman–Crippen LogP) is 7.09. The van der Waals surface area contributed by atoms with Crippen molar-refractivity contribution >= 4 is 11.9 Å².